The summed E-state index contributed by atoms with van der Waals surface area (Å²) in [5.74, 6) is 1.24. The average Bonchev–Trinajstić information content (AvgIpc) is 3.42. The van der Waals surface area contributed by atoms with Gasteiger partial charge in [0.2, 0.25) is 11.5 Å². The Bertz CT molecular complexity index is 3080. The second kappa shape index (κ2) is 35.8. The zero-order valence-electron chi connectivity index (χ0n) is 44.9. The van der Waals surface area contributed by atoms with E-state index in [0.717, 1.165) is 11.1 Å². The summed E-state index contributed by atoms with van der Waals surface area (Å²) in [5, 5.41) is 41.2. The van der Waals surface area contributed by atoms with Crippen molar-refractivity contribution >= 4 is 151 Å². The average molecular weight is 1460 g/mol. The molecule has 24 heteroatoms. The van der Waals surface area contributed by atoms with Crippen molar-refractivity contribution < 1.29 is 67.8 Å². The summed E-state index contributed by atoms with van der Waals surface area (Å²) >= 11 is 34.6. The van der Waals surface area contributed by atoms with E-state index in [4.69, 9.17) is 79.6 Å². The number of benzene rings is 6. The van der Waals surface area contributed by atoms with Gasteiger partial charge in [0, 0.05) is 15.6 Å². The van der Waals surface area contributed by atoms with E-state index in [9.17, 15) is 39.8 Å². The predicted octanol–water partition coefficient (Wildman–Crippen LogP) is 16.9. The Morgan fingerprint density at radius 1 is 0.543 bits per heavy atom. The van der Waals surface area contributed by atoms with Crippen molar-refractivity contribution in [2.75, 3.05) is 49.8 Å². The van der Waals surface area contributed by atoms with Gasteiger partial charge >= 0.3 is 5.69 Å². The van der Waals surface area contributed by atoms with Crippen molar-refractivity contribution in [3.8, 4) is 57.5 Å². The number of ketones is 3. The van der Waals surface area contributed by atoms with E-state index in [1.165, 1.54) is 77.0 Å². The summed E-state index contributed by atoms with van der Waals surface area (Å²) < 4.78 is 38.1. The number of nitro groups is 1. The van der Waals surface area contributed by atoms with E-state index in [1.54, 1.807) is 102 Å². The molecule has 0 heterocycles. The number of nitrogens with zero attached hydrogens (tertiary/aromatic N) is 1. The number of aromatic hydroxyl groups is 3. The number of rotatable bonds is 17. The predicted molar refractivity (Wildman–Crippen MR) is 335 cm³/mol. The summed E-state index contributed by atoms with van der Waals surface area (Å²) in [5.41, 5.74) is 2.18. The number of hydrogen-bond acceptors (Lipinski definition) is 15. The molecule has 434 valence electrons. The molecule has 0 bridgehead atoms. The van der Waals surface area contributed by atoms with Crippen LogP contribution in [0.2, 0.25) is 10.0 Å². The molecule has 3 N–H and O–H groups in total. The number of aryl methyl sites for hydroxylation is 1. The lowest BCUT2D eigenvalue weighted by Crippen LogP contribution is -2.00. The Kier molecular flexibility index (Phi) is 31.4. The van der Waals surface area contributed by atoms with E-state index >= 15 is 0 Å². The number of phenolic OH excluding ortho intramolecular Hbond substituents is 3. The molecule has 16 nitrogen and oxygen atoms in total. The van der Waals surface area contributed by atoms with E-state index in [1.807, 2.05) is 13.0 Å². The Balaban J connectivity index is 0.000000389. The molecule has 0 aromatic heterocycles. The summed E-state index contributed by atoms with van der Waals surface area (Å²) in [6, 6.07) is 22.4. The highest BCUT2D eigenvalue weighted by atomic mass is 79.9. The largest absolute Gasteiger partial charge is 0.506 e. The first kappa shape index (κ1) is 71.1. The number of carbonyl (C=O) groups excluding carboxylic acids is 3. The zero-order valence-corrected chi connectivity index (χ0v) is 54.3. The lowest BCUT2D eigenvalue weighted by Gasteiger charge is -2.12. The molecule has 0 spiro atoms. The van der Waals surface area contributed by atoms with Crippen LogP contribution in [0.4, 0.5) is 5.69 Å². The van der Waals surface area contributed by atoms with Crippen LogP contribution < -0.4 is 33.2 Å². The van der Waals surface area contributed by atoms with Crippen LogP contribution in [0.1, 0.15) is 67.2 Å². The standard InChI is InChI=1S/C19H19NO7.C17H14Br2O4.C17H14Cl2O4.C2H4Br2.C2H4Cl2/c1-11-7-13(18(22)14(8-11)20(23)24)15(21)6-5-12-9-16(25-2)19(27-4)17(10-12)26-3;2*1-22-15-6-4-10(7-16(15)23-2)3-5-14(20)12-8-11(18)9-13(19)17(12)21;2*1-2(3)4/h5-10,22H,1-4H3;2*3-9,21H,1-2H3;2*2H,1H3. The van der Waals surface area contributed by atoms with Gasteiger partial charge in [-0.3, -0.25) is 24.5 Å². The lowest BCUT2D eigenvalue weighted by atomic mass is 10.0. The fourth-order valence-electron chi connectivity index (χ4n) is 6.49. The number of allylic oxidation sites excluding steroid dienone is 3. The smallest absolute Gasteiger partial charge is 0.311 e. The highest BCUT2D eigenvalue weighted by Gasteiger charge is 2.22. The lowest BCUT2D eigenvalue weighted by molar-refractivity contribution is -0.385. The van der Waals surface area contributed by atoms with Crippen molar-refractivity contribution in [3.05, 3.63) is 171 Å². The molecule has 81 heavy (non-hydrogen) atoms. The van der Waals surface area contributed by atoms with E-state index in [2.05, 4.69) is 63.7 Å². The van der Waals surface area contributed by atoms with Gasteiger partial charge in [-0.2, -0.15) is 0 Å². The van der Waals surface area contributed by atoms with E-state index in [-0.39, 0.29) is 48.9 Å². The summed E-state index contributed by atoms with van der Waals surface area (Å²) in [4.78, 5) is 47.0. The number of nitro benzene ring substituents is 1. The van der Waals surface area contributed by atoms with Gasteiger partial charge in [0.25, 0.3) is 0 Å². The quantitative estimate of drug-likeness (QED) is 0.0254. The van der Waals surface area contributed by atoms with Crippen LogP contribution in [0.5, 0.6) is 57.5 Å². The molecule has 0 saturated carbocycles. The summed E-state index contributed by atoms with van der Waals surface area (Å²) in [7, 11) is 10.6. The minimum absolute atomic E-state index is 0.0281. The maximum Gasteiger partial charge on any atom is 0.311 e. The number of phenols is 3. The fraction of sp³-hybridized carbons (Fsp3) is 0.211. The van der Waals surface area contributed by atoms with Crippen molar-refractivity contribution in [1.82, 2.24) is 0 Å². The zero-order chi connectivity index (χ0) is 61.3. The molecule has 0 unspecified atom stereocenters. The number of methoxy groups -OCH3 is 7. The van der Waals surface area contributed by atoms with Gasteiger partial charge in [0.1, 0.15) is 16.3 Å². The number of ether oxygens (including phenoxy) is 7. The van der Waals surface area contributed by atoms with E-state index in [0.29, 0.717) is 64.1 Å². The maximum absolute atomic E-state index is 12.4. The number of halogens is 8. The Hall–Kier alpha value is -5.97. The van der Waals surface area contributed by atoms with Gasteiger partial charge in [0.05, 0.1) is 84.6 Å². The highest BCUT2D eigenvalue weighted by Crippen LogP contribution is 2.39. The first-order valence-electron chi connectivity index (χ1n) is 23.0. The molecular weight excluding hydrogens is 1400 g/mol. The summed E-state index contributed by atoms with van der Waals surface area (Å²) in [6.45, 7) is 5.30. The topological polar surface area (TPSA) is 220 Å². The molecule has 0 aliphatic carbocycles. The van der Waals surface area contributed by atoms with Gasteiger partial charge in [-0.05, 0) is 144 Å². The van der Waals surface area contributed by atoms with Gasteiger partial charge in [-0.25, -0.2) is 0 Å². The molecule has 6 aromatic carbocycles. The van der Waals surface area contributed by atoms with Crippen LogP contribution in [-0.4, -0.2) is 95.9 Å². The van der Waals surface area contributed by atoms with Gasteiger partial charge in [-0.15, -0.1) is 23.2 Å². The molecule has 6 rings (SSSR count). The van der Waals surface area contributed by atoms with Crippen molar-refractivity contribution in [3.63, 3.8) is 0 Å². The van der Waals surface area contributed by atoms with Gasteiger partial charge in [0.15, 0.2) is 51.8 Å². The second-order valence-electron chi connectivity index (χ2n) is 15.8. The van der Waals surface area contributed by atoms with Crippen LogP contribution in [0.15, 0.2) is 112 Å². The molecule has 6 aromatic rings. The second-order valence-corrected chi connectivity index (χ2v) is 23.9. The van der Waals surface area contributed by atoms with Crippen LogP contribution in [-0.2, 0) is 0 Å². The minimum atomic E-state index is -0.734. The van der Waals surface area contributed by atoms with E-state index < -0.39 is 27.9 Å². The summed E-state index contributed by atoms with van der Waals surface area (Å²) in [6.07, 6.45) is 8.66. The number of alkyl halides is 4. The fourth-order valence-corrected chi connectivity index (χ4v) is 8.21. The van der Waals surface area contributed by atoms with Gasteiger partial charge < -0.3 is 48.5 Å². The molecule has 0 saturated heterocycles. The Morgan fingerprint density at radius 3 is 1.32 bits per heavy atom. The third-order valence-corrected chi connectivity index (χ3v) is 11.6. The molecule has 0 aliphatic heterocycles. The third kappa shape index (κ3) is 23.1. The minimum Gasteiger partial charge on any atom is -0.506 e. The van der Waals surface area contributed by atoms with Gasteiger partial charge in [-0.1, -0.05) is 101 Å². The first-order valence-corrected chi connectivity index (χ1v) is 28.1. The third-order valence-electron chi connectivity index (χ3n) is 10.1. The molecule has 0 fully saturated rings. The number of carbonyl (C=O) groups is 3. The number of hydrogen-bond donors (Lipinski definition) is 3. The molecule has 0 radical (unpaired) electrons. The Labute approximate surface area is 522 Å². The van der Waals surface area contributed by atoms with Crippen molar-refractivity contribution in [1.29, 1.82) is 0 Å². The van der Waals surface area contributed by atoms with Crippen LogP contribution in [0.3, 0.4) is 0 Å². The van der Waals surface area contributed by atoms with Crippen molar-refractivity contribution in [2.45, 2.75) is 29.3 Å². The SMILES string of the molecule is CC(Br)Br.CC(Cl)Cl.COc1cc(C=CC(=O)c2cc(C)cc([N+](=O)[O-])c2O)cc(OC)c1OC.COc1ccc(C=CC(=O)c2cc(Br)cc(Br)c2O)cc1OC.COc1ccc(C=CC(=O)c2cc(Cl)cc(Cl)c2O)cc1OC. The molecule has 0 aliphatic rings. The Morgan fingerprint density at radius 2 is 0.926 bits per heavy atom. The monoisotopic (exact) mass is 1450 g/mol. The normalized spacial score (nSPS) is 10.6. The molecule has 0 atom stereocenters. The highest BCUT2D eigenvalue weighted by molar-refractivity contribution is 9.24. The van der Waals surface area contributed by atoms with Crippen molar-refractivity contribution in [2.24, 2.45) is 0 Å². The van der Waals surface area contributed by atoms with Crippen LogP contribution in [0.25, 0.3) is 18.2 Å². The first-order chi connectivity index (χ1) is 38.2. The molecular formula is C57H55Br4Cl4NO15. The van der Waals surface area contributed by atoms with Crippen LogP contribution in [0, 0.1) is 17.0 Å². The maximum atomic E-state index is 12.4. The van der Waals surface area contributed by atoms with Crippen LogP contribution >= 0.6 is 110 Å². The molecule has 0 amide bonds.